The molecular formula is C16H15F3N6O. The standard InChI is InChI=1S/C16H15F3N6O/c1-9(2)14-20-8-12(13(21-14)16(17,18)19)15-22-23-24-25(15)10-4-6-11(26-3)7-5-10/h4-9H,1-3H3. The molecule has 0 saturated carbocycles. The quantitative estimate of drug-likeness (QED) is 0.707. The normalized spacial score (nSPS) is 11.8. The van der Waals surface area contributed by atoms with Crippen molar-refractivity contribution in [3.05, 3.63) is 42.0 Å². The van der Waals surface area contributed by atoms with Gasteiger partial charge in [0.25, 0.3) is 0 Å². The SMILES string of the molecule is COc1ccc(-n2nnnc2-c2cnc(C(C)C)nc2C(F)(F)F)cc1. The van der Waals surface area contributed by atoms with Gasteiger partial charge in [-0.25, -0.2) is 9.97 Å². The summed E-state index contributed by atoms with van der Waals surface area (Å²) in [4.78, 5) is 7.73. The second kappa shape index (κ2) is 6.70. The van der Waals surface area contributed by atoms with Crippen molar-refractivity contribution < 1.29 is 17.9 Å². The van der Waals surface area contributed by atoms with Crippen molar-refractivity contribution in [3.63, 3.8) is 0 Å². The van der Waals surface area contributed by atoms with Crippen LogP contribution in [0.5, 0.6) is 5.75 Å². The Kier molecular flexibility index (Phi) is 4.58. The van der Waals surface area contributed by atoms with Gasteiger partial charge in [-0.2, -0.15) is 17.9 Å². The summed E-state index contributed by atoms with van der Waals surface area (Å²) in [6.45, 7) is 3.44. The van der Waals surface area contributed by atoms with Crippen LogP contribution in [0.4, 0.5) is 13.2 Å². The molecule has 0 aliphatic carbocycles. The van der Waals surface area contributed by atoms with Crippen LogP contribution < -0.4 is 4.74 Å². The Morgan fingerprint density at radius 3 is 2.38 bits per heavy atom. The average Bonchev–Trinajstić information content (AvgIpc) is 3.10. The van der Waals surface area contributed by atoms with Crippen LogP contribution in [0.2, 0.25) is 0 Å². The minimum Gasteiger partial charge on any atom is -0.497 e. The Hall–Kier alpha value is -3.04. The molecule has 2 aromatic heterocycles. The summed E-state index contributed by atoms with van der Waals surface area (Å²) in [5.41, 5.74) is -0.879. The molecule has 0 bridgehead atoms. The summed E-state index contributed by atoms with van der Waals surface area (Å²) in [7, 11) is 1.51. The molecule has 0 aliphatic rings. The van der Waals surface area contributed by atoms with E-state index in [2.05, 4.69) is 25.5 Å². The fourth-order valence-corrected chi connectivity index (χ4v) is 2.31. The first-order chi connectivity index (χ1) is 12.3. The summed E-state index contributed by atoms with van der Waals surface area (Å²) >= 11 is 0. The van der Waals surface area contributed by atoms with Crippen molar-refractivity contribution in [2.75, 3.05) is 7.11 Å². The second-order valence-electron chi connectivity index (χ2n) is 5.76. The van der Waals surface area contributed by atoms with Crippen LogP contribution in [-0.2, 0) is 6.18 Å². The van der Waals surface area contributed by atoms with Gasteiger partial charge in [0, 0.05) is 12.1 Å². The first-order valence-electron chi connectivity index (χ1n) is 7.68. The van der Waals surface area contributed by atoms with E-state index >= 15 is 0 Å². The lowest BCUT2D eigenvalue weighted by atomic mass is 10.1. The van der Waals surface area contributed by atoms with Crippen molar-refractivity contribution in [1.82, 2.24) is 30.2 Å². The number of hydrogen-bond donors (Lipinski definition) is 0. The van der Waals surface area contributed by atoms with Gasteiger partial charge in [0.1, 0.15) is 11.6 Å². The Bertz CT molecular complexity index is 905. The molecule has 3 rings (SSSR count). The first-order valence-corrected chi connectivity index (χ1v) is 7.68. The molecule has 0 saturated heterocycles. The van der Waals surface area contributed by atoms with Gasteiger partial charge in [0.15, 0.2) is 11.5 Å². The highest BCUT2D eigenvalue weighted by Gasteiger charge is 2.38. The Labute approximate surface area is 146 Å². The largest absolute Gasteiger partial charge is 0.497 e. The molecule has 0 unspecified atom stereocenters. The summed E-state index contributed by atoms with van der Waals surface area (Å²) in [6, 6.07) is 6.58. The van der Waals surface area contributed by atoms with E-state index in [0.717, 1.165) is 6.20 Å². The molecule has 0 spiro atoms. The zero-order chi connectivity index (χ0) is 18.9. The third-order valence-electron chi connectivity index (χ3n) is 3.62. The van der Waals surface area contributed by atoms with Crippen molar-refractivity contribution >= 4 is 0 Å². The molecule has 0 N–H and O–H groups in total. The van der Waals surface area contributed by atoms with Crippen LogP contribution in [0.15, 0.2) is 30.5 Å². The number of halogens is 3. The van der Waals surface area contributed by atoms with E-state index in [1.54, 1.807) is 38.1 Å². The number of nitrogens with zero attached hydrogens (tertiary/aromatic N) is 6. The van der Waals surface area contributed by atoms with Gasteiger partial charge in [0.2, 0.25) is 0 Å². The maximum Gasteiger partial charge on any atom is 0.434 e. The minimum atomic E-state index is -4.67. The molecule has 26 heavy (non-hydrogen) atoms. The highest BCUT2D eigenvalue weighted by atomic mass is 19.4. The molecule has 0 amide bonds. The summed E-state index contributed by atoms with van der Waals surface area (Å²) < 4.78 is 46.9. The maximum absolute atomic E-state index is 13.5. The van der Waals surface area contributed by atoms with Crippen LogP contribution in [0.3, 0.4) is 0 Å². The molecule has 0 fully saturated rings. The number of alkyl halides is 3. The third kappa shape index (κ3) is 3.35. The number of benzene rings is 1. The highest BCUT2D eigenvalue weighted by Crippen LogP contribution is 2.35. The van der Waals surface area contributed by atoms with Crippen LogP contribution in [0.1, 0.15) is 31.3 Å². The number of ether oxygens (including phenoxy) is 1. The molecule has 0 aliphatic heterocycles. The number of aromatic nitrogens is 6. The van der Waals surface area contributed by atoms with Crippen molar-refractivity contribution in [2.45, 2.75) is 25.9 Å². The van der Waals surface area contributed by atoms with E-state index in [-0.39, 0.29) is 23.1 Å². The van der Waals surface area contributed by atoms with Gasteiger partial charge in [-0.1, -0.05) is 13.8 Å². The lowest BCUT2D eigenvalue weighted by molar-refractivity contribution is -0.140. The van der Waals surface area contributed by atoms with Crippen LogP contribution in [-0.4, -0.2) is 37.3 Å². The summed E-state index contributed by atoms with van der Waals surface area (Å²) in [5.74, 6) is 0.356. The van der Waals surface area contributed by atoms with E-state index in [9.17, 15) is 13.2 Å². The van der Waals surface area contributed by atoms with Crippen molar-refractivity contribution in [1.29, 1.82) is 0 Å². The molecule has 2 heterocycles. The maximum atomic E-state index is 13.5. The monoisotopic (exact) mass is 364 g/mol. The van der Waals surface area contributed by atoms with E-state index < -0.39 is 11.9 Å². The molecule has 0 radical (unpaired) electrons. The summed E-state index contributed by atoms with van der Waals surface area (Å²) in [6.07, 6.45) is -3.56. The topological polar surface area (TPSA) is 78.6 Å². The lowest BCUT2D eigenvalue weighted by Crippen LogP contribution is -2.15. The predicted octanol–water partition coefficient (Wildman–Crippen LogP) is 3.27. The minimum absolute atomic E-state index is 0.0993. The molecule has 7 nitrogen and oxygen atoms in total. The molecule has 10 heteroatoms. The van der Waals surface area contributed by atoms with E-state index in [0.29, 0.717) is 11.4 Å². The Morgan fingerprint density at radius 2 is 1.81 bits per heavy atom. The van der Waals surface area contributed by atoms with E-state index in [1.807, 2.05) is 0 Å². The average molecular weight is 364 g/mol. The lowest BCUT2D eigenvalue weighted by Gasteiger charge is -2.14. The van der Waals surface area contributed by atoms with Crippen LogP contribution in [0.25, 0.3) is 17.1 Å². The third-order valence-corrected chi connectivity index (χ3v) is 3.62. The van der Waals surface area contributed by atoms with Gasteiger partial charge in [0.05, 0.1) is 18.4 Å². The van der Waals surface area contributed by atoms with Crippen molar-refractivity contribution in [3.8, 4) is 22.8 Å². The fourth-order valence-electron chi connectivity index (χ4n) is 2.31. The first kappa shape index (κ1) is 17.8. The molecular weight excluding hydrogens is 349 g/mol. The zero-order valence-corrected chi connectivity index (χ0v) is 14.2. The van der Waals surface area contributed by atoms with E-state index in [1.165, 1.54) is 11.8 Å². The van der Waals surface area contributed by atoms with Crippen molar-refractivity contribution in [2.24, 2.45) is 0 Å². The molecule has 0 atom stereocenters. The molecule has 1 aromatic carbocycles. The molecule has 3 aromatic rings. The van der Waals surface area contributed by atoms with Gasteiger partial charge >= 0.3 is 6.18 Å². The number of methoxy groups -OCH3 is 1. The predicted molar refractivity (Wildman–Crippen MR) is 85.8 cm³/mol. The van der Waals surface area contributed by atoms with Gasteiger partial charge in [-0.05, 0) is 34.7 Å². The number of hydrogen-bond acceptors (Lipinski definition) is 6. The van der Waals surface area contributed by atoms with Gasteiger partial charge in [-0.3, -0.25) is 0 Å². The summed E-state index contributed by atoms with van der Waals surface area (Å²) in [5, 5.41) is 11.0. The number of rotatable bonds is 4. The van der Waals surface area contributed by atoms with Crippen LogP contribution >= 0.6 is 0 Å². The van der Waals surface area contributed by atoms with E-state index in [4.69, 9.17) is 4.74 Å². The fraction of sp³-hybridized carbons (Fsp3) is 0.312. The number of tetrazole rings is 1. The van der Waals surface area contributed by atoms with Gasteiger partial charge in [-0.15, -0.1) is 5.10 Å². The molecule has 136 valence electrons. The highest BCUT2D eigenvalue weighted by molar-refractivity contribution is 5.60. The Balaban J connectivity index is 2.14. The smallest absolute Gasteiger partial charge is 0.434 e. The zero-order valence-electron chi connectivity index (χ0n) is 14.2. The second-order valence-corrected chi connectivity index (χ2v) is 5.76. The van der Waals surface area contributed by atoms with Gasteiger partial charge < -0.3 is 4.74 Å². The Morgan fingerprint density at radius 1 is 1.12 bits per heavy atom. The van der Waals surface area contributed by atoms with Crippen LogP contribution in [0, 0.1) is 0 Å².